The highest BCUT2D eigenvalue weighted by molar-refractivity contribution is 5.75. The second-order valence-corrected chi connectivity index (χ2v) is 5.54. The van der Waals surface area contributed by atoms with E-state index in [1.54, 1.807) is 6.92 Å². The Labute approximate surface area is 115 Å². The van der Waals surface area contributed by atoms with Crippen LogP contribution in [-0.2, 0) is 16.0 Å². The maximum absolute atomic E-state index is 11.8. The Balaban J connectivity index is 2.43. The van der Waals surface area contributed by atoms with E-state index in [1.807, 2.05) is 45.0 Å². The standard InChI is InChI=1S/C16H24O3/c1-5-16(3,4)15(18)19-11-10-13-6-8-14(9-7-13)12(2)17/h6-9,12,17H,5,10-11H2,1-4H3. The molecule has 1 atom stereocenters. The number of carbonyl (C=O) groups excluding carboxylic acids is 1. The highest BCUT2D eigenvalue weighted by Crippen LogP contribution is 2.21. The minimum Gasteiger partial charge on any atom is -0.465 e. The quantitative estimate of drug-likeness (QED) is 0.802. The van der Waals surface area contributed by atoms with Gasteiger partial charge in [0.05, 0.1) is 18.1 Å². The first-order valence-electron chi connectivity index (χ1n) is 6.81. The number of esters is 1. The summed E-state index contributed by atoms with van der Waals surface area (Å²) >= 11 is 0. The van der Waals surface area contributed by atoms with E-state index in [-0.39, 0.29) is 5.97 Å². The lowest BCUT2D eigenvalue weighted by Crippen LogP contribution is -2.26. The van der Waals surface area contributed by atoms with Crippen molar-refractivity contribution in [2.24, 2.45) is 5.41 Å². The molecular weight excluding hydrogens is 240 g/mol. The van der Waals surface area contributed by atoms with E-state index >= 15 is 0 Å². The van der Waals surface area contributed by atoms with Gasteiger partial charge in [0.15, 0.2) is 0 Å². The molecule has 1 aromatic carbocycles. The second kappa shape index (κ2) is 6.71. The van der Waals surface area contributed by atoms with E-state index in [4.69, 9.17) is 4.74 Å². The summed E-state index contributed by atoms with van der Waals surface area (Å²) in [7, 11) is 0. The highest BCUT2D eigenvalue weighted by Gasteiger charge is 2.26. The molecule has 1 aromatic rings. The molecule has 0 aliphatic carbocycles. The van der Waals surface area contributed by atoms with Gasteiger partial charge >= 0.3 is 5.97 Å². The molecule has 3 nitrogen and oxygen atoms in total. The molecule has 0 aliphatic heterocycles. The van der Waals surface area contributed by atoms with E-state index in [2.05, 4.69) is 0 Å². The summed E-state index contributed by atoms with van der Waals surface area (Å²) in [5.74, 6) is -0.143. The zero-order valence-electron chi connectivity index (χ0n) is 12.3. The number of hydrogen-bond donors (Lipinski definition) is 1. The molecular formula is C16H24O3. The fourth-order valence-electron chi connectivity index (χ4n) is 1.56. The normalized spacial score (nSPS) is 13.1. The van der Waals surface area contributed by atoms with Crippen molar-refractivity contribution < 1.29 is 14.6 Å². The van der Waals surface area contributed by atoms with E-state index in [0.717, 1.165) is 17.5 Å². The monoisotopic (exact) mass is 264 g/mol. The van der Waals surface area contributed by atoms with Crippen molar-refractivity contribution in [3.05, 3.63) is 35.4 Å². The summed E-state index contributed by atoms with van der Waals surface area (Å²) in [4.78, 5) is 11.8. The molecule has 3 heteroatoms. The molecule has 0 bridgehead atoms. The molecule has 19 heavy (non-hydrogen) atoms. The largest absolute Gasteiger partial charge is 0.465 e. The number of ether oxygens (including phenoxy) is 1. The number of benzene rings is 1. The number of rotatable bonds is 6. The van der Waals surface area contributed by atoms with Crippen molar-refractivity contribution in [3.63, 3.8) is 0 Å². The first kappa shape index (κ1) is 15.7. The zero-order valence-corrected chi connectivity index (χ0v) is 12.3. The van der Waals surface area contributed by atoms with Gasteiger partial charge in [-0.3, -0.25) is 4.79 Å². The third-order valence-corrected chi connectivity index (χ3v) is 3.52. The third-order valence-electron chi connectivity index (χ3n) is 3.52. The van der Waals surface area contributed by atoms with Crippen LogP contribution in [0.4, 0.5) is 0 Å². The Kier molecular flexibility index (Phi) is 5.55. The summed E-state index contributed by atoms with van der Waals surface area (Å²) in [5.41, 5.74) is 1.59. The van der Waals surface area contributed by atoms with Crippen LogP contribution in [0.25, 0.3) is 0 Å². The third kappa shape index (κ3) is 4.67. The van der Waals surface area contributed by atoms with Gasteiger partial charge in [-0.05, 0) is 38.3 Å². The molecule has 1 unspecified atom stereocenters. The van der Waals surface area contributed by atoms with Crippen molar-refractivity contribution in [1.82, 2.24) is 0 Å². The van der Waals surface area contributed by atoms with Crippen LogP contribution >= 0.6 is 0 Å². The van der Waals surface area contributed by atoms with Gasteiger partial charge in [-0.15, -0.1) is 0 Å². The maximum atomic E-state index is 11.8. The van der Waals surface area contributed by atoms with Gasteiger partial charge in [0.25, 0.3) is 0 Å². The average Bonchev–Trinajstić information content (AvgIpc) is 2.39. The van der Waals surface area contributed by atoms with Crippen molar-refractivity contribution >= 4 is 5.97 Å². The molecule has 0 saturated heterocycles. The van der Waals surface area contributed by atoms with Gasteiger partial charge in [0, 0.05) is 6.42 Å². The summed E-state index contributed by atoms with van der Waals surface area (Å²) in [5, 5.41) is 9.41. The molecule has 0 aromatic heterocycles. The molecule has 0 spiro atoms. The Morgan fingerprint density at radius 3 is 2.37 bits per heavy atom. The number of aliphatic hydroxyl groups is 1. The van der Waals surface area contributed by atoms with Crippen LogP contribution in [0.2, 0.25) is 0 Å². The molecule has 1 rings (SSSR count). The number of hydrogen-bond acceptors (Lipinski definition) is 3. The molecule has 1 N–H and O–H groups in total. The second-order valence-electron chi connectivity index (χ2n) is 5.54. The molecule has 0 aliphatic rings. The number of carbonyl (C=O) groups is 1. The fourth-order valence-corrected chi connectivity index (χ4v) is 1.56. The van der Waals surface area contributed by atoms with Crippen LogP contribution in [0.3, 0.4) is 0 Å². The van der Waals surface area contributed by atoms with Crippen LogP contribution in [-0.4, -0.2) is 17.7 Å². The lowest BCUT2D eigenvalue weighted by molar-refractivity contribution is -0.154. The maximum Gasteiger partial charge on any atom is 0.311 e. The SMILES string of the molecule is CCC(C)(C)C(=O)OCCc1ccc(C(C)O)cc1. The molecule has 0 amide bonds. The Bertz CT molecular complexity index is 405. The highest BCUT2D eigenvalue weighted by atomic mass is 16.5. The van der Waals surface area contributed by atoms with Crippen LogP contribution in [0.5, 0.6) is 0 Å². The fraction of sp³-hybridized carbons (Fsp3) is 0.562. The van der Waals surface area contributed by atoms with E-state index in [9.17, 15) is 9.90 Å². The van der Waals surface area contributed by atoms with Gasteiger partial charge in [-0.2, -0.15) is 0 Å². The summed E-state index contributed by atoms with van der Waals surface area (Å²) in [6.07, 6.45) is 1.03. The van der Waals surface area contributed by atoms with Crippen LogP contribution < -0.4 is 0 Å². The van der Waals surface area contributed by atoms with Crippen molar-refractivity contribution in [2.75, 3.05) is 6.61 Å². The molecule has 0 heterocycles. The van der Waals surface area contributed by atoms with E-state index in [0.29, 0.717) is 13.0 Å². The first-order valence-corrected chi connectivity index (χ1v) is 6.81. The van der Waals surface area contributed by atoms with Gasteiger partial charge in [0.1, 0.15) is 0 Å². The van der Waals surface area contributed by atoms with Crippen LogP contribution in [0.1, 0.15) is 51.3 Å². The predicted octanol–water partition coefficient (Wildman–Crippen LogP) is 3.26. The minimum atomic E-state index is -0.447. The predicted molar refractivity (Wildman–Crippen MR) is 75.8 cm³/mol. The van der Waals surface area contributed by atoms with Gasteiger partial charge in [-0.1, -0.05) is 31.2 Å². The first-order chi connectivity index (χ1) is 8.86. The Morgan fingerprint density at radius 1 is 1.32 bits per heavy atom. The summed E-state index contributed by atoms with van der Waals surface area (Å²) in [6.45, 7) is 7.91. The van der Waals surface area contributed by atoms with Crippen molar-refractivity contribution in [1.29, 1.82) is 0 Å². The molecule has 106 valence electrons. The topological polar surface area (TPSA) is 46.5 Å². The minimum absolute atomic E-state index is 0.143. The van der Waals surface area contributed by atoms with Crippen molar-refractivity contribution in [3.8, 4) is 0 Å². The number of aliphatic hydroxyl groups excluding tert-OH is 1. The lowest BCUT2D eigenvalue weighted by Gasteiger charge is -2.20. The van der Waals surface area contributed by atoms with E-state index in [1.165, 1.54) is 0 Å². The summed E-state index contributed by atoms with van der Waals surface area (Å²) in [6, 6.07) is 7.72. The van der Waals surface area contributed by atoms with E-state index < -0.39 is 11.5 Å². The molecule has 0 saturated carbocycles. The van der Waals surface area contributed by atoms with Gasteiger partial charge < -0.3 is 9.84 Å². The van der Waals surface area contributed by atoms with Crippen molar-refractivity contribution in [2.45, 2.75) is 46.6 Å². The van der Waals surface area contributed by atoms with Crippen LogP contribution in [0.15, 0.2) is 24.3 Å². The molecule has 0 radical (unpaired) electrons. The lowest BCUT2D eigenvalue weighted by atomic mass is 9.91. The smallest absolute Gasteiger partial charge is 0.311 e. The average molecular weight is 264 g/mol. The van der Waals surface area contributed by atoms with Crippen LogP contribution in [0, 0.1) is 5.41 Å². The van der Waals surface area contributed by atoms with Gasteiger partial charge in [0.2, 0.25) is 0 Å². The zero-order chi connectivity index (χ0) is 14.5. The van der Waals surface area contributed by atoms with Gasteiger partial charge in [-0.25, -0.2) is 0 Å². The molecule has 0 fully saturated rings. The summed E-state index contributed by atoms with van der Waals surface area (Å²) < 4.78 is 5.29. The Hall–Kier alpha value is -1.35. The Morgan fingerprint density at radius 2 is 1.89 bits per heavy atom.